The van der Waals surface area contributed by atoms with Gasteiger partial charge in [-0.15, -0.1) is 0 Å². The summed E-state index contributed by atoms with van der Waals surface area (Å²) < 4.78 is 0. The Kier molecular flexibility index (Phi) is 3.86. The smallest absolute Gasteiger partial charge is 0.254 e. The minimum atomic E-state index is -1.21. The number of benzene rings is 3. The zero-order chi connectivity index (χ0) is 17.3. The maximum Gasteiger partial charge on any atom is 0.254 e. The van der Waals surface area contributed by atoms with Crippen molar-refractivity contribution >= 4 is 5.91 Å². The van der Waals surface area contributed by atoms with Gasteiger partial charge in [-0.1, -0.05) is 78.9 Å². The highest BCUT2D eigenvalue weighted by atomic mass is 16.3. The Hall–Kier alpha value is -2.91. The van der Waals surface area contributed by atoms with Crippen LogP contribution in [0.25, 0.3) is 0 Å². The van der Waals surface area contributed by atoms with E-state index in [-0.39, 0.29) is 12.5 Å². The Labute approximate surface area is 147 Å². The van der Waals surface area contributed by atoms with E-state index < -0.39 is 5.60 Å². The second-order valence-electron chi connectivity index (χ2n) is 6.42. The first-order valence-corrected chi connectivity index (χ1v) is 8.39. The molecule has 1 amide bonds. The standard InChI is InChI=1S/C22H19NO2/c24-21-19-13-7-8-14-20(19)22(25,18-11-5-2-6-12-18)16-23(21)15-17-9-3-1-4-10-17/h1-14,25H,15-16H2. The minimum absolute atomic E-state index is 0.0416. The molecule has 3 aromatic rings. The van der Waals surface area contributed by atoms with E-state index in [2.05, 4.69) is 0 Å². The number of β-amino-alcohol motifs (C(OH)–C–C–N with tert-alkyl or cyclic N) is 1. The third-order valence-corrected chi connectivity index (χ3v) is 4.78. The van der Waals surface area contributed by atoms with Crippen molar-refractivity contribution in [3.63, 3.8) is 0 Å². The molecule has 0 spiro atoms. The minimum Gasteiger partial charge on any atom is -0.378 e. The third kappa shape index (κ3) is 2.73. The molecule has 0 fully saturated rings. The van der Waals surface area contributed by atoms with Crippen LogP contribution in [0.5, 0.6) is 0 Å². The summed E-state index contributed by atoms with van der Waals surface area (Å²) >= 11 is 0. The maximum atomic E-state index is 13.0. The van der Waals surface area contributed by atoms with E-state index in [0.717, 1.165) is 11.1 Å². The molecule has 0 aliphatic carbocycles. The molecule has 1 N–H and O–H groups in total. The van der Waals surface area contributed by atoms with Crippen molar-refractivity contribution in [1.82, 2.24) is 4.90 Å². The summed E-state index contributed by atoms with van der Waals surface area (Å²) in [5.41, 5.74) is 1.88. The van der Waals surface area contributed by atoms with Crippen LogP contribution in [0.1, 0.15) is 27.0 Å². The molecule has 124 valence electrons. The van der Waals surface area contributed by atoms with Crippen LogP contribution in [0.3, 0.4) is 0 Å². The monoisotopic (exact) mass is 329 g/mol. The van der Waals surface area contributed by atoms with Crippen LogP contribution in [-0.4, -0.2) is 22.5 Å². The Bertz CT molecular complexity index is 892. The van der Waals surface area contributed by atoms with Crippen LogP contribution in [-0.2, 0) is 12.1 Å². The van der Waals surface area contributed by atoms with E-state index in [1.807, 2.05) is 78.9 Å². The molecule has 0 radical (unpaired) electrons. The van der Waals surface area contributed by atoms with Crippen LogP contribution < -0.4 is 0 Å². The predicted octanol–water partition coefficient (Wildman–Crippen LogP) is 3.58. The fourth-order valence-corrected chi connectivity index (χ4v) is 3.53. The van der Waals surface area contributed by atoms with Crippen molar-refractivity contribution < 1.29 is 9.90 Å². The van der Waals surface area contributed by atoms with E-state index >= 15 is 0 Å². The van der Waals surface area contributed by atoms with Gasteiger partial charge in [0.2, 0.25) is 0 Å². The van der Waals surface area contributed by atoms with Crippen molar-refractivity contribution in [1.29, 1.82) is 0 Å². The van der Waals surface area contributed by atoms with E-state index in [0.29, 0.717) is 17.7 Å². The number of carbonyl (C=O) groups is 1. The fourth-order valence-electron chi connectivity index (χ4n) is 3.53. The van der Waals surface area contributed by atoms with Crippen molar-refractivity contribution in [2.45, 2.75) is 12.1 Å². The molecule has 25 heavy (non-hydrogen) atoms. The average molecular weight is 329 g/mol. The maximum absolute atomic E-state index is 13.0. The number of aliphatic hydroxyl groups is 1. The van der Waals surface area contributed by atoms with E-state index in [4.69, 9.17) is 0 Å². The molecule has 1 aliphatic rings. The van der Waals surface area contributed by atoms with Gasteiger partial charge >= 0.3 is 0 Å². The molecule has 1 aliphatic heterocycles. The van der Waals surface area contributed by atoms with Gasteiger partial charge in [-0.3, -0.25) is 4.79 Å². The lowest BCUT2D eigenvalue weighted by molar-refractivity contribution is 0.0174. The lowest BCUT2D eigenvalue weighted by Crippen LogP contribution is -2.49. The van der Waals surface area contributed by atoms with Gasteiger partial charge in [-0.05, 0) is 17.2 Å². The predicted molar refractivity (Wildman–Crippen MR) is 97.1 cm³/mol. The Morgan fingerprint density at radius 2 is 1.44 bits per heavy atom. The van der Waals surface area contributed by atoms with Gasteiger partial charge in [0.1, 0.15) is 5.60 Å². The quantitative estimate of drug-likeness (QED) is 0.798. The summed E-state index contributed by atoms with van der Waals surface area (Å²) in [6.45, 7) is 0.713. The molecule has 1 unspecified atom stereocenters. The highest BCUT2D eigenvalue weighted by Gasteiger charge is 2.42. The number of fused-ring (bicyclic) bond motifs is 1. The molecule has 1 atom stereocenters. The molecule has 3 nitrogen and oxygen atoms in total. The highest BCUT2D eigenvalue weighted by molar-refractivity contribution is 5.97. The van der Waals surface area contributed by atoms with Gasteiger partial charge in [-0.2, -0.15) is 0 Å². The largest absolute Gasteiger partial charge is 0.378 e. The molecule has 1 heterocycles. The Morgan fingerprint density at radius 3 is 2.16 bits per heavy atom. The van der Waals surface area contributed by atoms with Gasteiger partial charge in [-0.25, -0.2) is 0 Å². The number of hydrogen-bond acceptors (Lipinski definition) is 2. The van der Waals surface area contributed by atoms with Gasteiger partial charge in [0, 0.05) is 17.7 Å². The molecule has 3 aromatic carbocycles. The SMILES string of the molecule is O=C1c2ccccc2C(O)(c2ccccc2)CN1Cc1ccccc1. The molecule has 0 saturated heterocycles. The first-order valence-electron chi connectivity index (χ1n) is 8.39. The third-order valence-electron chi connectivity index (χ3n) is 4.78. The average Bonchev–Trinajstić information content (AvgIpc) is 2.67. The Balaban J connectivity index is 1.80. The number of hydrogen-bond donors (Lipinski definition) is 1. The summed E-state index contributed by atoms with van der Waals surface area (Å²) in [6.07, 6.45) is 0. The summed E-state index contributed by atoms with van der Waals surface area (Å²) in [5.74, 6) is -0.0416. The first-order chi connectivity index (χ1) is 12.2. The molecule has 0 aromatic heterocycles. The molecular weight excluding hydrogens is 310 g/mol. The van der Waals surface area contributed by atoms with Crippen LogP contribution in [0.15, 0.2) is 84.9 Å². The molecule has 4 rings (SSSR count). The van der Waals surface area contributed by atoms with Gasteiger partial charge in [0.15, 0.2) is 0 Å². The fraction of sp³-hybridized carbons (Fsp3) is 0.136. The lowest BCUT2D eigenvalue weighted by atomic mass is 9.80. The van der Waals surface area contributed by atoms with E-state index in [9.17, 15) is 9.90 Å². The van der Waals surface area contributed by atoms with Crippen molar-refractivity contribution in [3.8, 4) is 0 Å². The van der Waals surface area contributed by atoms with E-state index in [1.165, 1.54) is 0 Å². The molecular formula is C22H19NO2. The molecule has 3 heteroatoms. The first kappa shape index (κ1) is 15.6. The van der Waals surface area contributed by atoms with Crippen LogP contribution in [0, 0.1) is 0 Å². The second kappa shape index (κ2) is 6.19. The van der Waals surface area contributed by atoms with Gasteiger partial charge in [0.05, 0.1) is 6.54 Å². The molecule has 0 bridgehead atoms. The van der Waals surface area contributed by atoms with Crippen molar-refractivity contribution in [3.05, 3.63) is 107 Å². The summed E-state index contributed by atoms with van der Waals surface area (Å²) in [7, 11) is 0. The van der Waals surface area contributed by atoms with Crippen molar-refractivity contribution in [2.24, 2.45) is 0 Å². The van der Waals surface area contributed by atoms with Gasteiger partial charge < -0.3 is 10.0 Å². The zero-order valence-corrected chi connectivity index (χ0v) is 13.8. The number of rotatable bonds is 3. The number of carbonyl (C=O) groups excluding carboxylic acids is 1. The van der Waals surface area contributed by atoms with Crippen LogP contribution >= 0.6 is 0 Å². The highest BCUT2D eigenvalue weighted by Crippen LogP contribution is 2.37. The van der Waals surface area contributed by atoms with Crippen LogP contribution in [0.4, 0.5) is 0 Å². The summed E-state index contributed by atoms with van der Waals surface area (Å²) in [5, 5.41) is 11.6. The van der Waals surface area contributed by atoms with Crippen LogP contribution in [0.2, 0.25) is 0 Å². The molecule has 0 saturated carbocycles. The normalized spacial score (nSPS) is 19.6. The zero-order valence-electron chi connectivity index (χ0n) is 13.8. The topological polar surface area (TPSA) is 40.5 Å². The van der Waals surface area contributed by atoms with Gasteiger partial charge in [0.25, 0.3) is 5.91 Å². The summed E-state index contributed by atoms with van der Waals surface area (Å²) in [4.78, 5) is 14.7. The number of amides is 1. The number of nitrogens with zero attached hydrogens (tertiary/aromatic N) is 1. The van der Waals surface area contributed by atoms with E-state index in [1.54, 1.807) is 11.0 Å². The Morgan fingerprint density at radius 1 is 0.840 bits per heavy atom. The summed E-state index contributed by atoms with van der Waals surface area (Å²) in [6, 6.07) is 26.8. The second-order valence-corrected chi connectivity index (χ2v) is 6.42. The van der Waals surface area contributed by atoms with Crippen molar-refractivity contribution in [2.75, 3.05) is 6.54 Å². The lowest BCUT2D eigenvalue weighted by Gasteiger charge is -2.41.